The van der Waals surface area contributed by atoms with Crippen LogP contribution < -0.4 is 0 Å². The second-order valence-corrected chi connectivity index (χ2v) is 14.4. The van der Waals surface area contributed by atoms with Crippen LogP contribution in [0.4, 0.5) is 0 Å². The Morgan fingerprint density at radius 1 is 0.262 bits per heavy atom. The predicted octanol–water partition coefficient (Wildman–Crippen LogP) is 12.1. The molecule has 0 radical (unpaired) electrons. The van der Waals surface area contributed by atoms with Crippen LogP contribution in [0.15, 0.2) is 199 Å². The van der Waals surface area contributed by atoms with Gasteiger partial charge >= 0.3 is 0 Å². The number of fused-ring (bicyclic) bond motifs is 3. The highest BCUT2D eigenvalue weighted by Crippen LogP contribution is 2.35. The number of furan rings is 1. The Hall–Kier alpha value is -8.56. The van der Waals surface area contributed by atoms with Crippen LogP contribution >= 0.6 is 0 Å². The van der Waals surface area contributed by atoms with Crippen molar-refractivity contribution in [2.45, 2.75) is 0 Å². The molecule has 0 amide bonds. The summed E-state index contributed by atoms with van der Waals surface area (Å²) in [6.07, 6.45) is 3.50. The zero-order valence-corrected chi connectivity index (χ0v) is 32.5. The van der Waals surface area contributed by atoms with Gasteiger partial charge < -0.3 is 4.42 Å². The van der Waals surface area contributed by atoms with Gasteiger partial charge in [0, 0.05) is 56.5 Å². The standard InChI is InChI=1S/C52H32N8O/c1-5-13-33(14-6-1)43-31-44(34-15-7-2-8-16-34)58-51(57-43)41-25-27-53-49(55-41)37-21-23-47-39(29-37)40-30-38(22-24-48(40)61-47)50-54-28-26-42(56-50)52-59-45(35-17-9-3-10-18-35)32-46(60-52)36-19-11-4-12-20-36/h1-32H. The summed E-state index contributed by atoms with van der Waals surface area (Å²) in [5, 5.41) is 1.83. The minimum atomic E-state index is 0.513. The summed E-state index contributed by atoms with van der Waals surface area (Å²) >= 11 is 0. The topological polar surface area (TPSA) is 116 Å². The molecule has 0 atom stereocenters. The first kappa shape index (κ1) is 35.6. The first-order chi connectivity index (χ1) is 30.2. The fourth-order valence-electron chi connectivity index (χ4n) is 7.45. The molecule has 9 heteroatoms. The van der Waals surface area contributed by atoms with Crippen LogP contribution in [-0.2, 0) is 0 Å². The van der Waals surface area contributed by atoms with Crippen LogP contribution in [0.2, 0.25) is 0 Å². The molecule has 0 N–H and O–H groups in total. The normalized spacial score (nSPS) is 11.3. The summed E-state index contributed by atoms with van der Waals surface area (Å²) in [5.74, 6) is 2.12. The summed E-state index contributed by atoms with van der Waals surface area (Å²) in [6.45, 7) is 0. The molecule has 0 bridgehead atoms. The molecule has 5 aromatic heterocycles. The van der Waals surface area contributed by atoms with Gasteiger partial charge in [0.15, 0.2) is 23.3 Å². The highest BCUT2D eigenvalue weighted by atomic mass is 16.3. The van der Waals surface area contributed by atoms with Crippen LogP contribution in [0.25, 0.3) is 113 Å². The number of nitrogens with zero attached hydrogens (tertiary/aromatic N) is 8. The third-order valence-corrected chi connectivity index (χ3v) is 10.5. The molecule has 11 rings (SSSR count). The molecule has 0 saturated carbocycles. The molecule has 11 aromatic rings. The maximum atomic E-state index is 6.32. The zero-order valence-electron chi connectivity index (χ0n) is 32.5. The second-order valence-electron chi connectivity index (χ2n) is 14.4. The molecule has 0 fully saturated rings. The number of aromatic nitrogens is 8. The van der Waals surface area contributed by atoms with Gasteiger partial charge in [0.1, 0.15) is 22.6 Å². The van der Waals surface area contributed by atoms with Gasteiger partial charge in [-0.05, 0) is 60.7 Å². The van der Waals surface area contributed by atoms with E-state index < -0.39 is 0 Å². The molecule has 286 valence electrons. The third-order valence-electron chi connectivity index (χ3n) is 10.5. The van der Waals surface area contributed by atoms with Crippen molar-refractivity contribution < 1.29 is 4.42 Å². The molecule has 0 aliphatic rings. The van der Waals surface area contributed by atoms with E-state index in [9.17, 15) is 0 Å². The Kier molecular flexibility index (Phi) is 8.94. The Balaban J connectivity index is 0.962. The van der Waals surface area contributed by atoms with E-state index in [4.69, 9.17) is 44.3 Å². The van der Waals surface area contributed by atoms with E-state index in [1.807, 2.05) is 170 Å². The maximum absolute atomic E-state index is 6.32. The summed E-state index contributed by atoms with van der Waals surface area (Å²) in [6, 6.07) is 60.1. The minimum Gasteiger partial charge on any atom is -0.456 e. The molecule has 0 aliphatic heterocycles. The highest BCUT2D eigenvalue weighted by molar-refractivity contribution is 6.07. The molecule has 0 saturated heterocycles. The molecular formula is C52H32N8O. The Labute approximate surface area is 350 Å². The van der Waals surface area contributed by atoms with Crippen molar-refractivity contribution in [1.82, 2.24) is 39.9 Å². The lowest BCUT2D eigenvalue weighted by Crippen LogP contribution is -1.99. The summed E-state index contributed by atoms with van der Waals surface area (Å²) in [7, 11) is 0. The van der Waals surface area contributed by atoms with Gasteiger partial charge in [-0.3, -0.25) is 0 Å². The Morgan fingerprint density at radius 2 is 0.590 bits per heavy atom. The van der Waals surface area contributed by atoms with Gasteiger partial charge in [-0.1, -0.05) is 121 Å². The molecule has 61 heavy (non-hydrogen) atoms. The largest absolute Gasteiger partial charge is 0.456 e. The van der Waals surface area contributed by atoms with Crippen LogP contribution in [0.5, 0.6) is 0 Å². The Morgan fingerprint density at radius 3 is 0.934 bits per heavy atom. The maximum Gasteiger partial charge on any atom is 0.179 e. The third kappa shape index (κ3) is 7.06. The van der Waals surface area contributed by atoms with E-state index in [1.54, 1.807) is 12.4 Å². The molecule has 6 aromatic carbocycles. The summed E-state index contributed by atoms with van der Waals surface area (Å²) in [4.78, 5) is 39.3. The zero-order chi connectivity index (χ0) is 40.5. The lowest BCUT2D eigenvalue weighted by molar-refractivity contribution is 0.669. The van der Waals surface area contributed by atoms with Crippen molar-refractivity contribution in [2.75, 3.05) is 0 Å². The van der Waals surface area contributed by atoms with E-state index in [1.165, 1.54) is 0 Å². The number of hydrogen-bond donors (Lipinski definition) is 0. The van der Waals surface area contributed by atoms with Crippen LogP contribution in [-0.4, -0.2) is 39.9 Å². The van der Waals surface area contributed by atoms with Crippen LogP contribution in [0.3, 0.4) is 0 Å². The van der Waals surface area contributed by atoms with Crippen LogP contribution in [0, 0.1) is 0 Å². The fourth-order valence-corrected chi connectivity index (χ4v) is 7.45. The number of benzene rings is 6. The molecule has 9 nitrogen and oxygen atoms in total. The average molecular weight is 785 g/mol. The predicted molar refractivity (Wildman–Crippen MR) is 240 cm³/mol. The first-order valence-electron chi connectivity index (χ1n) is 19.8. The van der Waals surface area contributed by atoms with E-state index in [0.29, 0.717) is 34.7 Å². The van der Waals surface area contributed by atoms with Crippen molar-refractivity contribution in [1.29, 1.82) is 0 Å². The van der Waals surface area contributed by atoms with E-state index in [2.05, 4.69) is 12.1 Å². The van der Waals surface area contributed by atoms with Crippen molar-refractivity contribution in [3.8, 4) is 90.8 Å². The average Bonchev–Trinajstić information content (AvgIpc) is 3.72. The minimum absolute atomic E-state index is 0.513. The van der Waals surface area contributed by atoms with Crippen molar-refractivity contribution >= 4 is 21.9 Å². The van der Waals surface area contributed by atoms with Gasteiger partial charge in [0.25, 0.3) is 0 Å². The van der Waals surface area contributed by atoms with Crippen molar-refractivity contribution in [3.05, 3.63) is 194 Å². The lowest BCUT2D eigenvalue weighted by Gasteiger charge is -2.10. The van der Waals surface area contributed by atoms with Gasteiger partial charge in [-0.25, -0.2) is 39.9 Å². The monoisotopic (exact) mass is 784 g/mol. The van der Waals surface area contributed by atoms with E-state index >= 15 is 0 Å². The number of rotatable bonds is 8. The fraction of sp³-hybridized carbons (Fsp3) is 0. The molecule has 0 spiro atoms. The van der Waals surface area contributed by atoms with Gasteiger partial charge in [0.2, 0.25) is 0 Å². The SMILES string of the molecule is c1ccc(-c2cc(-c3ccccc3)nc(-c3ccnc(-c4ccc5oc6ccc(-c7nccc(-c8nc(-c9ccccc9)cc(-c9ccccc9)n8)n7)cc6c5c4)n3)n2)cc1. The van der Waals surface area contributed by atoms with Gasteiger partial charge in [-0.2, -0.15) is 0 Å². The summed E-state index contributed by atoms with van der Waals surface area (Å²) in [5.41, 5.74) is 11.6. The Bertz CT molecular complexity index is 3020. The smallest absolute Gasteiger partial charge is 0.179 e. The second kappa shape index (κ2) is 15.3. The van der Waals surface area contributed by atoms with E-state index in [-0.39, 0.29) is 0 Å². The van der Waals surface area contributed by atoms with Crippen molar-refractivity contribution in [3.63, 3.8) is 0 Å². The van der Waals surface area contributed by atoms with E-state index in [0.717, 1.165) is 78.1 Å². The molecular weight excluding hydrogens is 753 g/mol. The first-order valence-corrected chi connectivity index (χ1v) is 19.8. The lowest BCUT2D eigenvalue weighted by atomic mass is 10.1. The molecule has 5 heterocycles. The van der Waals surface area contributed by atoms with Crippen molar-refractivity contribution in [2.24, 2.45) is 0 Å². The molecule has 0 aliphatic carbocycles. The van der Waals surface area contributed by atoms with Gasteiger partial charge in [0.05, 0.1) is 22.8 Å². The quantitative estimate of drug-likeness (QED) is 0.148. The van der Waals surface area contributed by atoms with Gasteiger partial charge in [-0.15, -0.1) is 0 Å². The number of hydrogen-bond acceptors (Lipinski definition) is 9. The summed E-state index contributed by atoms with van der Waals surface area (Å²) < 4.78 is 6.32. The van der Waals surface area contributed by atoms with Crippen LogP contribution in [0.1, 0.15) is 0 Å². The highest BCUT2D eigenvalue weighted by Gasteiger charge is 2.17. The molecule has 0 unspecified atom stereocenters.